The zero-order valence-corrected chi connectivity index (χ0v) is 9.87. The summed E-state index contributed by atoms with van der Waals surface area (Å²) in [6, 6.07) is 0. The first-order valence-electron chi connectivity index (χ1n) is 5.14. The van der Waals surface area contributed by atoms with Gasteiger partial charge in [0.05, 0.1) is 18.4 Å². The van der Waals surface area contributed by atoms with Crippen LogP contribution in [0.5, 0.6) is 5.88 Å². The van der Waals surface area contributed by atoms with Gasteiger partial charge in [-0.05, 0) is 14.0 Å². The molecule has 0 atom stereocenters. The average Bonchev–Trinajstić information content (AvgIpc) is 2.34. The first-order chi connectivity index (χ1) is 7.36. The highest BCUT2D eigenvalue weighted by molar-refractivity contribution is 5.46. The Hall–Kier alpha value is -1.36. The van der Waals surface area contributed by atoms with Gasteiger partial charge in [-0.15, -0.1) is 0 Å². The quantitative estimate of drug-likeness (QED) is 0.676. The Labute approximate surface area is 91.1 Å². The van der Waals surface area contributed by atoms with E-state index >= 15 is 0 Å². The number of fused-ring (bicyclic) bond motifs is 1. The third-order valence-corrected chi connectivity index (χ3v) is 1.49. The van der Waals surface area contributed by atoms with E-state index < -0.39 is 0 Å². The molecular weight excluding hydrogens is 192 g/mol. The SMILES string of the molecule is CC.CN.Cc1cnc2c(n1)NCCO2. The highest BCUT2D eigenvalue weighted by Crippen LogP contribution is 2.20. The molecule has 1 aromatic rings. The van der Waals surface area contributed by atoms with Gasteiger partial charge in [-0.2, -0.15) is 0 Å². The molecule has 3 N–H and O–H groups in total. The molecule has 0 amide bonds. The molecule has 2 rings (SSSR count). The van der Waals surface area contributed by atoms with E-state index in [-0.39, 0.29) is 0 Å². The lowest BCUT2D eigenvalue weighted by atomic mass is 10.4. The number of aryl methyl sites for hydroxylation is 1. The molecule has 0 fully saturated rings. The lowest BCUT2D eigenvalue weighted by Gasteiger charge is -2.16. The molecule has 0 aliphatic carbocycles. The molecule has 5 heteroatoms. The van der Waals surface area contributed by atoms with E-state index in [1.165, 1.54) is 7.05 Å². The summed E-state index contributed by atoms with van der Waals surface area (Å²) >= 11 is 0. The summed E-state index contributed by atoms with van der Waals surface area (Å²) in [6.45, 7) is 7.39. The number of ether oxygens (including phenoxy) is 1. The number of anilines is 1. The van der Waals surface area contributed by atoms with Crippen LogP contribution in [-0.4, -0.2) is 30.2 Å². The van der Waals surface area contributed by atoms with Crippen LogP contribution in [0.15, 0.2) is 6.20 Å². The summed E-state index contributed by atoms with van der Waals surface area (Å²) in [7, 11) is 1.50. The van der Waals surface area contributed by atoms with E-state index in [0.717, 1.165) is 18.1 Å². The van der Waals surface area contributed by atoms with Crippen molar-refractivity contribution in [3.8, 4) is 5.88 Å². The molecule has 0 unspecified atom stereocenters. The van der Waals surface area contributed by atoms with E-state index in [4.69, 9.17) is 4.74 Å². The minimum Gasteiger partial charge on any atom is -0.473 e. The normalized spacial score (nSPS) is 11.5. The van der Waals surface area contributed by atoms with Crippen molar-refractivity contribution in [3.05, 3.63) is 11.9 Å². The summed E-state index contributed by atoms with van der Waals surface area (Å²) < 4.78 is 5.24. The average molecular weight is 212 g/mol. The van der Waals surface area contributed by atoms with Gasteiger partial charge in [0.15, 0.2) is 5.82 Å². The van der Waals surface area contributed by atoms with Crippen molar-refractivity contribution in [1.82, 2.24) is 9.97 Å². The van der Waals surface area contributed by atoms with E-state index in [1.807, 2.05) is 20.8 Å². The molecule has 0 bridgehead atoms. The van der Waals surface area contributed by atoms with Gasteiger partial charge < -0.3 is 15.8 Å². The molecule has 0 radical (unpaired) electrons. The molecule has 1 aromatic heterocycles. The molecule has 0 spiro atoms. The van der Waals surface area contributed by atoms with Crippen LogP contribution in [0, 0.1) is 6.92 Å². The molecule has 15 heavy (non-hydrogen) atoms. The molecule has 5 nitrogen and oxygen atoms in total. The second-order valence-electron chi connectivity index (χ2n) is 2.44. The van der Waals surface area contributed by atoms with Gasteiger partial charge in [0.2, 0.25) is 0 Å². The lowest BCUT2D eigenvalue weighted by Crippen LogP contribution is -2.20. The first-order valence-corrected chi connectivity index (χ1v) is 5.14. The molecule has 86 valence electrons. The topological polar surface area (TPSA) is 73.1 Å². The summed E-state index contributed by atoms with van der Waals surface area (Å²) in [5.41, 5.74) is 5.40. The van der Waals surface area contributed by atoms with Crippen LogP contribution in [0.25, 0.3) is 0 Å². The van der Waals surface area contributed by atoms with Crippen molar-refractivity contribution in [2.24, 2.45) is 5.73 Å². The standard InChI is InChI=1S/C7H9N3O.C2H6.CH5N/c1-5-4-9-7-6(10-5)8-2-3-11-7;2*1-2/h4H,2-3H2,1H3,(H,8,10);1-2H3;2H2,1H3. The zero-order chi connectivity index (χ0) is 11.7. The maximum atomic E-state index is 5.24. The summed E-state index contributed by atoms with van der Waals surface area (Å²) in [5.74, 6) is 1.37. The highest BCUT2D eigenvalue weighted by atomic mass is 16.5. The summed E-state index contributed by atoms with van der Waals surface area (Å²) in [5, 5.41) is 3.10. The monoisotopic (exact) mass is 212 g/mol. The van der Waals surface area contributed by atoms with E-state index in [9.17, 15) is 0 Å². The van der Waals surface area contributed by atoms with Crippen molar-refractivity contribution in [2.45, 2.75) is 20.8 Å². The van der Waals surface area contributed by atoms with Crippen LogP contribution in [-0.2, 0) is 0 Å². The van der Waals surface area contributed by atoms with Gasteiger partial charge in [0.25, 0.3) is 5.88 Å². The minimum atomic E-state index is 0.613. The van der Waals surface area contributed by atoms with Crippen LogP contribution >= 0.6 is 0 Å². The number of hydrogen-bond donors (Lipinski definition) is 2. The van der Waals surface area contributed by atoms with Crippen molar-refractivity contribution in [2.75, 3.05) is 25.5 Å². The summed E-state index contributed by atoms with van der Waals surface area (Å²) in [6.07, 6.45) is 1.70. The molecule has 0 saturated carbocycles. The van der Waals surface area contributed by atoms with Gasteiger partial charge in [0, 0.05) is 0 Å². The van der Waals surface area contributed by atoms with Crippen molar-refractivity contribution < 1.29 is 4.74 Å². The second kappa shape index (κ2) is 7.99. The van der Waals surface area contributed by atoms with Gasteiger partial charge >= 0.3 is 0 Å². The Bertz CT molecular complexity index is 278. The van der Waals surface area contributed by atoms with Gasteiger partial charge in [-0.1, -0.05) is 13.8 Å². The van der Waals surface area contributed by atoms with Crippen molar-refractivity contribution in [3.63, 3.8) is 0 Å². The number of hydrogen-bond acceptors (Lipinski definition) is 5. The Morgan fingerprint density at radius 2 is 2.07 bits per heavy atom. The zero-order valence-electron chi connectivity index (χ0n) is 9.87. The van der Waals surface area contributed by atoms with Crippen LogP contribution in [0.3, 0.4) is 0 Å². The number of aromatic nitrogens is 2. The minimum absolute atomic E-state index is 0.613. The van der Waals surface area contributed by atoms with Crippen LogP contribution in [0.2, 0.25) is 0 Å². The Morgan fingerprint density at radius 1 is 1.40 bits per heavy atom. The molecule has 0 saturated heterocycles. The van der Waals surface area contributed by atoms with E-state index in [1.54, 1.807) is 6.20 Å². The fraction of sp³-hybridized carbons (Fsp3) is 0.600. The molecule has 2 heterocycles. The number of rotatable bonds is 0. The van der Waals surface area contributed by atoms with Gasteiger partial charge in [-0.25, -0.2) is 9.97 Å². The first kappa shape index (κ1) is 13.6. The predicted octanol–water partition coefficient (Wildman–Crippen LogP) is 1.19. The lowest BCUT2D eigenvalue weighted by molar-refractivity contribution is 0.308. The second-order valence-corrected chi connectivity index (χ2v) is 2.44. The predicted molar refractivity (Wildman–Crippen MR) is 62.2 cm³/mol. The smallest absolute Gasteiger partial charge is 0.257 e. The fourth-order valence-corrected chi connectivity index (χ4v) is 1.00. The summed E-state index contributed by atoms with van der Waals surface area (Å²) in [4.78, 5) is 8.29. The third kappa shape index (κ3) is 4.12. The molecule has 0 aromatic carbocycles. The van der Waals surface area contributed by atoms with E-state index in [2.05, 4.69) is 21.0 Å². The third-order valence-electron chi connectivity index (χ3n) is 1.49. The van der Waals surface area contributed by atoms with Crippen LogP contribution < -0.4 is 15.8 Å². The van der Waals surface area contributed by atoms with Crippen molar-refractivity contribution >= 4 is 5.82 Å². The number of nitrogens with two attached hydrogens (primary N) is 1. The van der Waals surface area contributed by atoms with E-state index in [0.29, 0.717) is 12.5 Å². The van der Waals surface area contributed by atoms with Crippen LogP contribution in [0.4, 0.5) is 5.82 Å². The largest absolute Gasteiger partial charge is 0.473 e. The molecule has 1 aliphatic heterocycles. The maximum absolute atomic E-state index is 5.24. The fourth-order valence-electron chi connectivity index (χ4n) is 1.00. The molecular formula is C10H20N4O. The Morgan fingerprint density at radius 3 is 2.73 bits per heavy atom. The van der Waals surface area contributed by atoms with Gasteiger partial charge in [-0.3, -0.25) is 0 Å². The maximum Gasteiger partial charge on any atom is 0.257 e. The number of nitrogens with zero attached hydrogens (tertiary/aromatic N) is 2. The highest BCUT2D eigenvalue weighted by Gasteiger charge is 2.11. The molecule has 1 aliphatic rings. The Balaban J connectivity index is 0.000000442. The Kier molecular flexibility index (Phi) is 7.27. The van der Waals surface area contributed by atoms with Crippen molar-refractivity contribution in [1.29, 1.82) is 0 Å². The number of nitrogens with one attached hydrogen (secondary N) is 1. The van der Waals surface area contributed by atoms with Gasteiger partial charge in [0.1, 0.15) is 6.61 Å². The van der Waals surface area contributed by atoms with Crippen LogP contribution in [0.1, 0.15) is 19.5 Å².